The van der Waals surface area contributed by atoms with Gasteiger partial charge in [0.2, 0.25) is 0 Å². The number of alkyl halides is 3. The van der Waals surface area contributed by atoms with Gasteiger partial charge in [-0.15, -0.1) is 0 Å². The molecule has 0 saturated carbocycles. The highest BCUT2D eigenvalue weighted by atomic mass is 32.2. The summed E-state index contributed by atoms with van der Waals surface area (Å²) in [7, 11) is -1.87. The minimum absolute atomic E-state index is 0.295. The molecule has 0 unspecified atom stereocenters. The number of nitrogens with one attached hydrogen (secondary N) is 1. The summed E-state index contributed by atoms with van der Waals surface area (Å²) >= 11 is 0.822. The number of aromatic nitrogens is 3. The molecule has 0 aliphatic rings. The van der Waals surface area contributed by atoms with Gasteiger partial charge in [-0.3, -0.25) is 14.3 Å². The molecular weight excluding hydrogens is 409 g/mol. The van der Waals surface area contributed by atoms with E-state index in [9.17, 15) is 31.2 Å². The molecule has 0 aliphatic heterocycles. The predicted molar refractivity (Wildman–Crippen MR) is 89.9 cm³/mol. The third-order valence-electron chi connectivity index (χ3n) is 3.70. The fourth-order valence-corrected chi connectivity index (χ4v) is 4.34. The van der Waals surface area contributed by atoms with Gasteiger partial charge in [-0.05, 0) is 18.2 Å². The highest BCUT2D eigenvalue weighted by Crippen LogP contribution is 2.29. The number of amides is 1. The van der Waals surface area contributed by atoms with Crippen molar-refractivity contribution in [2.75, 3.05) is 0 Å². The summed E-state index contributed by atoms with van der Waals surface area (Å²) in [6.07, 6.45) is -4.74. The average Bonchev–Trinajstić information content (AvgIpc) is 3.07. The van der Waals surface area contributed by atoms with E-state index in [4.69, 9.17) is 0 Å². The van der Waals surface area contributed by atoms with E-state index in [1.54, 1.807) is 4.72 Å². The molecule has 144 valence electrons. The quantitative estimate of drug-likeness (QED) is 0.691. The lowest BCUT2D eigenvalue weighted by molar-refractivity contribution is -0.143. The molecule has 13 heteroatoms. The zero-order chi connectivity index (χ0) is 20.1. The Balaban J connectivity index is 1.92. The Bertz CT molecular complexity index is 1220. The number of hydrogen-bond acceptors (Lipinski definition) is 6. The van der Waals surface area contributed by atoms with Gasteiger partial charge < -0.3 is 4.57 Å². The van der Waals surface area contributed by atoms with Crippen LogP contribution in [-0.2, 0) is 30.3 Å². The molecule has 2 aromatic heterocycles. The van der Waals surface area contributed by atoms with Crippen LogP contribution in [0, 0.1) is 0 Å². The maximum atomic E-state index is 12.8. The van der Waals surface area contributed by atoms with Crippen LogP contribution < -0.4 is 9.60 Å². The number of benzene rings is 1. The van der Waals surface area contributed by atoms with Crippen LogP contribution >= 0.6 is 11.3 Å². The molecule has 0 fully saturated rings. The molecule has 8 nitrogen and oxygen atoms in total. The van der Waals surface area contributed by atoms with Gasteiger partial charge in [0, 0.05) is 20.2 Å². The normalized spacial score (nSPS) is 12.5. The molecule has 3 aromatic rings. The van der Waals surface area contributed by atoms with E-state index in [2.05, 4.69) is 5.10 Å². The molecule has 27 heavy (non-hydrogen) atoms. The average molecular weight is 420 g/mol. The number of carbonyl (C=O) groups is 1. The predicted octanol–water partition coefficient (Wildman–Crippen LogP) is 1.47. The largest absolute Gasteiger partial charge is 0.433 e. The van der Waals surface area contributed by atoms with Gasteiger partial charge in [0.05, 0.1) is 15.1 Å². The highest BCUT2D eigenvalue weighted by Gasteiger charge is 2.36. The number of aryl methyl sites for hydroxylation is 2. The standard InChI is InChI=1S/C14H11F3N4O4S2/c1-20-9-4-3-7(5-10(9)26-13(20)23)27(24,25)19-12(22)8-6-11(14(15,16)17)21(2)18-8/h3-6H,1-2H3,(H,19,22). The van der Waals surface area contributed by atoms with Crippen molar-refractivity contribution in [3.05, 3.63) is 45.3 Å². The van der Waals surface area contributed by atoms with E-state index in [1.807, 2.05) is 0 Å². The third kappa shape index (κ3) is 3.47. The van der Waals surface area contributed by atoms with Crippen LogP contribution in [0.5, 0.6) is 0 Å². The summed E-state index contributed by atoms with van der Waals surface area (Å²) in [4.78, 5) is 23.1. The first kappa shape index (κ1) is 19.1. The van der Waals surface area contributed by atoms with Crippen LogP contribution in [0.15, 0.2) is 34.0 Å². The van der Waals surface area contributed by atoms with Gasteiger partial charge in [-0.25, -0.2) is 13.1 Å². The molecule has 0 atom stereocenters. The molecule has 0 bridgehead atoms. The molecule has 2 heterocycles. The molecule has 0 radical (unpaired) electrons. The zero-order valence-corrected chi connectivity index (χ0v) is 15.4. The Kier molecular flexibility index (Phi) is 4.38. The Labute approximate surface area is 153 Å². The lowest BCUT2D eigenvalue weighted by Gasteiger charge is -2.05. The summed E-state index contributed by atoms with van der Waals surface area (Å²) < 4.78 is 66.9. The Morgan fingerprint density at radius 2 is 1.89 bits per heavy atom. The van der Waals surface area contributed by atoms with Crippen LogP contribution in [-0.4, -0.2) is 28.7 Å². The fourth-order valence-electron chi connectivity index (χ4n) is 2.36. The van der Waals surface area contributed by atoms with Crippen molar-refractivity contribution in [3.63, 3.8) is 0 Å². The van der Waals surface area contributed by atoms with E-state index in [0.717, 1.165) is 18.4 Å². The minimum Gasteiger partial charge on any atom is -0.302 e. The Hall–Kier alpha value is -2.67. The maximum Gasteiger partial charge on any atom is 0.433 e. The van der Waals surface area contributed by atoms with Crippen molar-refractivity contribution in [1.29, 1.82) is 0 Å². The second kappa shape index (κ2) is 6.20. The molecule has 3 rings (SSSR count). The van der Waals surface area contributed by atoms with Gasteiger partial charge in [0.1, 0.15) is 5.69 Å². The van der Waals surface area contributed by atoms with Gasteiger partial charge in [-0.1, -0.05) is 11.3 Å². The fraction of sp³-hybridized carbons (Fsp3) is 0.214. The maximum absolute atomic E-state index is 12.8. The summed E-state index contributed by atoms with van der Waals surface area (Å²) in [6.45, 7) is 0. The van der Waals surface area contributed by atoms with E-state index in [-0.39, 0.29) is 9.77 Å². The summed E-state index contributed by atoms with van der Waals surface area (Å²) in [6, 6.07) is 4.24. The molecule has 1 amide bonds. The third-order valence-corrected chi connectivity index (χ3v) is 6.03. The number of rotatable bonds is 3. The first-order valence-electron chi connectivity index (χ1n) is 7.18. The van der Waals surface area contributed by atoms with Crippen LogP contribution in [0.2, 0.25) is 0 Å². The Morgan fingerprint density at radius 3 is 2.48 bits per heavy atom. The first-order valence-corrected chi connectivity index (χ1v) is 9.48. The van der Waals surface area contributed by atoms with E-state index < -0.39 is 33.5 Å². The van der Waals surface area contributed by atoms with Gasteiger partial charge in [0.15, 0.2) is 5.69 Å². The molecular formula is C14H11F3N4O4S2. The number of sulfonamides is 1. The number of thiazole rings is 1. The number of halogens is 3. The van der Waals surface area contributed by atoms with Crippen LogP contribution in [0.1, 0.15) is 16.2 Å². The summed E-state index contributed by atoms with van der Waals surface area (Å²) in [5.74, 6) is -1.30. The smallest absolute Gasteiger partial charge is 0.302 e. The van der Waals surface area contributed by atoms with Crippen molar-refractivity contribution in [1.82, 2.24) is 19.1 Å². The SMILES string of the molecule is Cn1nc(C(=O)NS(=O)(=O)c2ccc3c(c2)sc(=O)n3C)cc1C(F)(F)F. The lowest BCUT2D eigenvalue weighted by atomic mass is 10.3. The Morgan fingerprint density at radius 1 is 1.22 bits per heavy atom. The second-order valence-electron chi connectivity index (χ2n) is 5.53. The van der Waals surface area contributed by atoms with E-state index in [1.165, 1.54) is 29.8 Å². The van der Waals surface area contributed by atoms with Crippen molar-refractivity contribution in [3.8, 4) is 0 Å². The van der Waals surface area contributed by atoms with E-state index in [0.29, 0.717) is 21.0 Å². The van der Waals surface area contributed by atoms with Crippen molar-refractivity contribution < 1.29 is 26.4 Å². The zero-order valence-electron chi connectivity index (χ0n) is 13.7. The van der Waals surface area contributed by atoms with Crippen LogP contribution in [0.25, 0.3) is 10.2 Å². The molecule has 1 N–H and O–H groups in total. The van der Waals surface area contributed by atoms with Gasteiger partial charge in [-0.2, -0.15) is 18.3 Å². The van der Waals surface area contributed by atoms with Gasteiger partial charge >= 0.3 is 11.0 Å². The number of nitrogens with zero attached hydrogens (tertiary/aromatic N) is 3. The molecule has 1 aromatic carbocycles. The topological polar surface area (TPSA) is 103 Å². The summed E-state index contributed by atoms with van der Waals surface area (Å²) in [5.41, 5.74) is -1.38. The van der Waals surface area contributed by atoms with Crippen molar-refractivity contribution in [2.45, 2.75) is 11.1 Å². The van der Waals surface area contributed by atoms with Crippen LogP contribution in [0.4, 0.5) is 13.2 Å². The van der Waals surface area contributed by atoms with E-state index >= 15 is 0 Å². The lowest BCUT2D eigenvalue weighted by Crippen LogP contribution is -2.31. The van der Waals surface area contributed by atoms with Crippen LogP contribution in [0.3, 0.4) is 0 Å². The molecule has 0 saturated heterocycles. The minimum atomic E-state index is -4.74. The number of fused-ring (bicyclic) bond motifs is 1. The number of carbonyl (C=O) groups excluding carboxylic acids is 1. The van der Waals surface area contributed by atoms with Crippen molar-refractivity contribution >= 4 is 37.5 Å². The van der Waals surface area contributed by atoms with Crippen molar-refractivity contribution in [2.24, 2.45) is 14.1 Å². The highest BCUT2D eigenvalue weighted by molar-refractivity contribution is 7.90. The molecule has 0 aliphatic carbocycles. The second-order valence-corrected chi connectivity index (χ2v) is 8.20. The summed E-state index contributed by atoms with van der Waals surface area (Å²) in [5, 5.41) is 3.40. The monoisotopic (exact) mass is 420 g/mol. The van der Waals surface area contributed by atoms with Gasteiger partial charge in [0.25, 0.3) is 15.9 Å². The molecule has 0 spiro atoms. The number of hydrogen-bond donors (Lipinski definition) is 1. The first-order chi connectivity index (χ1) is 12.4.